The number of aromatic nitrogens is 4. The van der Waals surface area contributed by atoms with Crippen LogP contribution in [0.2, 0.25) is 0 Å². The van der Waals surface area contributed by atoms with Gasteiger partial charge in [-0.1, -0.05) is 0 Å². The lowest BCUT2D eigenvalue weighted by Gasteiger charge is -2.22. The molecule has 4 N–H and O–H groups in total. The van der Waals surface area contributed by atoms with Gasteiger partial charge in [-0.2, -0.15) is 0 Å². The van der Waals surface area contributed by atoms with Gasteiger partial charge in [0.2, 0.25) is 11.8 Å². The molecular weight excluding hydrogens is 312 g/mol. The summed E-state index contributed by atoms with van der Waals surface area (Å²) in [5.74, 6) is 1.10. The van der Waals surface area contributed by atoms with E-state index in [4.69, 9.17) is 0 Å². The molecule has 2 amide bonds. The van der Waals surface area contributed by atoms with E-state index in [0.29, 0.717) is 17.3 Å². The predicted octanol–water partition coefficient (Wildman–Crippen LogP) is 0.458. The van der Waals surface area contributed by atoms with Gasteiger partial charge in [0.25, 0.3) is 0 Å². The van der Waals surface area contributed by atoms with Crippen LogP contribution in [0.25, 0.3) is 0 Å². The van der Waals surface area contributed by atoms with Crippen molar-refractivity contribution in [3.63, 3.8) is 0 Å². The molecular formula is C14H16N8O2. The van der Waals surface area contributed by atoms with Gasteiger partial charge in [0, 0.05) is 0 Å². The third-order valence-electron chi connectivity index (χ3n) is 3.44. The summed E-state index contributed by atoms with van der Waals surface area (Å²) < 4.78 is 0. The van der Waals surface area contributed by atoms with Crippen molar-refractivity contribution in [3.8, 4) is 0 Å². The Hall–Kier alpha value is -3.30. The highest BCUT2D eigenvalue weighted by atomic mass is 16.2. The van der Waals surface area contributed by atoms with E-state index in [1.165, 1.54) is 12.7 Å². The van der Waals surface area contributed by atoms with E-state index in [9.17, 15) is 9.59 Å². The summed E-state index contributed by atoms with van der Waals surface area (Å²) >= 11 is 0. The number of anilines is 4. The molecule has 0 spiro atoms. The van der Waals surface area contributed by atoms with Crippen LogP contribution in [0.15, 0.2) is 25.0 Å². The van der Waals surface area contributed by atoms with Crippen molar-refractivity contribution in [1.82, 2.24) is 19.9 Å². The maximum Gasteiger partial charge on any atom is 0.247 e. The Morgan fingerprint density at radius 2 is 1.38 bits per heavy atom. The fourth-order valence-corrected chi connectivity index (χ4v) is 2.11. The SMILES string of the molecule is CC1Nc2cncnc2NC1=O.CC1Nc2ncncc2NC1=O. The number of carbonyl (C=O) groups is 2. The summed E-state index contributed by atoms with van der Waals surface area (Å²) in [6.45, 7) is 3.56. The van der Waals surface area contributed by atoms with Crippen LogP contribution in [0.1, 0.15) is 13.8 Å². The molecule has 2 aromatic heterocycles. The highest BCUT2D eigenvalue weighted by molar-refractivity contribution is 6.02. The molecule has 0 aliphatic carbocycles. The van der Waals surface area contributed by atoms with Crippen LogP contribution in [0, 0.1) is 0 Å². The molecule has 4 rings (SSSR count). The Morgan fingerprint density at radius 3 is 2.12 bits per heavy atom. The summed E-state index contributed by atoms with van der Waals surface area (Å²) in [6.07, 6.45) is 6.05. The number of hydrogen-bond donors (Lipinski definition) is 4. The lowest BCUT2D eigenvalue weighted by Crippen LogP contribution is -2.36. The molecule has 10 nitrogen and oxygen atoms in total. The number of amides is 2. The lowest BCUT2D eigenvalue weighted by molar-refractivity contribution is -0.117. The first-order valence-electron chi connectivity index (χ1n) is 7.29. The van der Waals surface area contributed by atoms with Crippen LogP contribution in [0.3, 0.4) is 0 Å². The minimum atomic E-state index is -0.229. The maximum atomic E-state index is 11.1. The van der Waals surface area contributed by atoms with E-state index in [-0.39, 0.29) is 23.9 Å². The molecule has 0 saturated carbocycles. The third-order valence-corrected chi connectivity index (χ3v) is 3.44. The van der Waals surface area contributed by atoms with E-state index in [2.05, 4.69) is 41.2 Å². The topological polar surface area (TPSA) is 134 Å². The molecule has 2 aliphatic rings. The van der Waals surface area contributed by atoms with Crippen molar-refractivity contribution in [2.75, 3.05) is 21.3 Å². The molecule has 0 radical (unpaired) electrons. The van der Waals surface area contributed by atoms with Crippen LogP contribution in [-0.4, -0.2) is 43.8 Å². The predicted molar refractivity (Wildman–Crippen MR) is 87.5 cm³/mol. The molecule has 0 aromatic carbocycles. The number of hydrogen-bond acceptors (Lipinski definition) is 8. The summed E-state index contributed by atoms with van der Waals surface area (Å²) in [5, 5.41) is 11.3. The summed E-state index contributed by atoms with van der Waals surface area (Å²) in [5.41, 5.74) is 1.41. The third kappa shape index (κ3) is 3.21. The number of nitrogens with zero attached hydrogens (tertiary/aromatic N) is 4. The van der Waals surface area contributed by atoms with Gasteiger partial charge in [0.15, 0.2) is 11.6 Å². The second-order valence-corrected chi connectivity index (χ2v) is 5.28. The Morgan fingerprint density at radius 1 is 0.792 bits per heavy atom. The van der Waals surface area contributed by atoms with Crippen LogP contribution in [-0.2, 0) is 9.59 Å². The lowest BCUT2D eigenvalue weighted by atomic mass is 10.2. The van der Waals surface area contributed by atoms with Gasteiger partial charge in [-0.15, -0.1) is 0 Å². The number of rotatable bonds is 0. The normalized spacial score (nSPS) is 20.8. The standard InChI is InChI=1S/2C7H8N4O/c1-4-7(12)11-5-2-8-3-9-6(5)10-4;1-4-7(12)11-6-5(10-4)2-8-3-9-6/h2-4H,1H3,(H,11,12)(H,8,9,10);2-4,10H,1H3,(H,8,9,11,12). The molecule has 0 saturated heterocycles. The zero-order chi connectivity index (χ0) is 17.1. The average Bonchev–Trinajstić information content (AvgIpc) is 2.57. The zero-order valence-corrected chi connectivity index (χ0v) is 13.1. The van der Waals surface area contributed by atoms with Crippen LogP contribution >= 0.6 is 0 Å². The van der Waals surface area contributed by atoms with Crippen molar-refractivity contribution in [2.45, 2.75) is 25.9 Å². The van der Waals surface area contributed by atoms with Crippen molar-refractivity contribution >= 4 is 34.8 Å². The Kier molecular flexibility index (Phi) is 4.18. The quantitative estimate of drug-likeness (QED) is 0.548. The Balaban J connectivity index is 0.000000141. The Labute approximate surface area is 137 Å². The number of fused-ring (bicyclic) bond motifs is 2. The fourth-order valence-electron chi connectivity index (χ4n) is 2.11. The summed E-state index contributed by atoms with van der Waals surface area (Å²) in [6, 6.07) is -0.448. The molecule has 2 aromatic rings. The highest BCUT2D eigenvalue weighted by Gasteiger charge is 2.22. The molecule has 2 atom stereocenters. The number of nitrogens with one attached hydrogen (secondary N) is 4. The van der Waals surface area contributed by atoms with E-state index in [0.717, 1.165) is 5.69 Å². The van der Waals surface area contributed by atoms with Gasteiger partial charge in [-0.25, -0.2) is 19.9 Å². The second-order valence-electron chi connectivity index (χ2n) is 5.28. The Bertz CT molecular complexity index is 715. The van der Waals surface area contributed by atoms with Crippen molar-refractivity contribution in [1.29, 1.82) is 0 Å². The van der Waals surface area contributed by atoms with Gasteiger partial charge in [0.05, 0.1) is 18.1 Å². The first-order valence-corrected chi connectivity index (χ1v) is 7.29. The van der Waals surface area contributed by atoms with Gasteiger partial charge in [0.1, 0.15) is 30.4 Å². The second kappa shape index (κ2) is 6.44. The molecule has 2 aliphatic heterocycles. The van der Waals surface area contributed by atoms with Crippen LogP contribution < -0.4 is 21.3 Å². The van der Waals surface area contributed by atoms with Crippen molar-refractivity contribution < 1.29 is 9.59 Å². The van der Waals surface area contributed by atoms with Gasteiger partial charge >= 0.3 is 0 Å². The smallest absolute Gasteiger partial charge is 0.247 e. The molecule has 2 unspecified atom stereocenters. The van der Waals surface area contributed by atoms with E-state index >= 15 is 0 Å². The molecule has 0 bridgehead atoms. The van der Waals surface area contributed by atoms with Crippen LogP contribution in [0.5, 0.6) is 0 Å². The van der Waals surface area contributed by atoms with Gasteiger partial charge in [-0.05, 0) is 13.8 Å². The largest absolute Gasteiger partial charge is 0.370 e. The monoisotopic (exact) mass is 328 g/mol. The van der Waals surface area contributed by atoms with Crippen molar-refractivity contribution in [2.24, 2.45) is 0 Å². The molecule has 0 fully saturated rings. The van der Waals surface area contributed by atoms with Gasteiger partial charge < -0.3 is 21.3 Å². The number of carbonyl (C=O) groups excluding carboxylic acids is 2. The van der Waals surface area contributed by atoms with Gasteiger partial charge in [-0.3, -0.25) is 9.59 Å². The minimum absolute atomic E-state index is 0.0581. The van der Waals surface area contributed by atoms with E-state index < -0.39 is 0 Å². The first kappa shape index (κ1) is 15.6. The van der Waals surface area contributed by atoms with Crippen molar-refractivity contribution in [3.05, 3.63) is 25.0 Å². The summed E-state index contributed by atoms with van der Waals surface area (Å²) in [4.78, 5) is 37.7. The minimum Gasteiger partial charge on any atom is -0.370 e. The maximum absolute atomic E-state index is 11.1. The molecule has 124 valence electrons. The van der Waals surface area contributed by atoms with E-state index in [1.807, 2.05) is 0 Å². The summed E-state index contributed by atoms with van der Waals surface area (Å²) in [7, 11) is 0. The molecule has 10 heteroatoms. The molecule has 24 heavy (non-hydrogen) atoms. The highest BCUT2D eigenvalue weighted by Crippen LogP contribution is 2.22. The van der Waals surface area contributed by atoms with E-state index in [1.54, 1.807) is 26.2 Å². The van der Waals surface area contributed by atoms with Crippen LogP contribution in [0.4, 0.5) is 23.0 Å². The first-order chi connectivity index (χ1) is 11.5. The molecule has 4 heterocycles. The zero-order valence-electron chi connectivity index (χ0n) is 13.1. The average molecular weight is 328 g/mol. The fraction of sp³-hybridized carbons (Fsp3) is 0.286.